The van der Waals surface area contributed by atoms with Crippen LogP contribution in [0.3, 0.4) is 0 Å². The summed E-state index contributed by atoms with van der Waals surface area (Å²) in [5.41, 5.74) is 0.894. The topological polar surface area (TPSA) is 57.6 Å². The summed E-state index contributed by atoms with van der Waals surface area (Å²) in [5, 5.41) is 9.18. The Kier molecular flexibility index (Phi) is 5.71. The first-order valence-corrected chi connectivity index (χ1v) is 9.32. The molecular formula is C20H26FNO3. The molecule has 0 radical (unpaired) electrons. The third kappa shape index (κ3) is 4.39. The van der Waals surface area contributed by atoms with E-state index in [2.05, 4.69) is 0 Å². The van der Waals surface area contributed by atoms with Crippen LogP contribution in [0.4, 0.5) is 4.39 Å². The van der Waals surface area contributed by atoms with Crippen molar-refractivity contribution in [3.63, 3.8) is 0 Å². The van der Waals surface area contributed by atoms with E-state index in [1.54, 1.807) is 6.07 Å². The molecule has 136 valence electrons. The van der Waals surface area contributed by atoms with E-state index in [0.29, 0.717) is 32.2 Å². The standard InChI is InChI=1S/C20H26FNO3/c21-17-5-3-4-14(12-17)10-11-22(18-6-1-2-7-18)19(23)15-8-9-16(13-15)20(24)25/h3-5,12,15-16,18H,1-2,6-11,13H2,(H,24,25)/t15-,16+/m0/s1. The lowest BCUT2D eigenvalue weighted by Gasteiger charge is -2.31. The molecule has 1 aromatic carbocycles. The van der Waals surface area contributed by atoms with Crippen LogP contribution >= 0.6 is 0 Å². The van der Waals surface area contributed by atoms with Gasteiger partial charge in [-0.25, -0.2) is 4.39 Å². The Labute approximate surface area is 148 Å². The molecule has 25 heavy (non-hydrogen) atoms. The number of hydrogen-bond donors (Lipinski definition) is 1. The zero-order valence-corrected chi connectivity index (χ0v) is 14.5. The van der Waals surface area contributed by atoms with Gasteiger partial charge in [-0.1, -0.05) is 25.0 Å². The highest BCUT2D eigenvalue weighted by Gasteiger charge is 2.38. The molecule has 2 fully saturated rings. The van der Waals surface area contributed by atoms with Gasteiger partial charge < -0.3 is 10.0 Å². The second kappa shape index (κ2) is 7.98. The lowest BCUT2D eigenvalue weighted by molar-refractivity contribution is -0.142. The summed E-state index contributed by atoms with van der Waals surface area (Å²) in [4.78, 5) is 26.2. The zero-order chi connectivity index (χ0) is 17.8. The highest BCUT2D eigenvalue weighted by atomic mass is 19.1. The van der Waals surface area contributed by atoms with E-state index in [0.717, 1.165) is 31.2 Å². The Morgan fingerprint density at radius 3 is 2.48 bits per heavy atom. The van der Waals surface area contributed by atoms with Crippen molar-refractivity contribution in [2.45, 2.75) is 57.4 Å². The Balaban J connectivity index is 1.66. The summed E-state index contributed by atoms with van der Waals surface area (Å²) in [6, 6.07) is 6.78. The summed E-state index contributed by atoms with van der Waals surface area (Å²) >= 11 is 0. The van der Waals surface area contributed by atoms with Gasteiger partial charge in [-0.2, -0.15) is 0 Å². The van der Waals surface area contributed by atoms with Crippen molar-refractivity contribution in [3.05, 3.63) is 35.6 Å². The van der Waals surface area contributed by atoms with Crippen LogP contribution < -0.4 is 0 Å². The Bertz CT molecular complexity index is 627. The van der Waals surface area contributed by atoms with Crippen molar-refractivity contribution >= 4 is 11.9 Å². The molecule has 2 saturated carbocycles. The first-order chi connectivity index (χ1) is 12.0. The molecule has 4 nitrogen and oxygen atoms in total. The maximum atomic E-state index is 13.4. The lowest BCUT2D eigenvalue weighted by atomic mass is 10.0. The van der Waals surface area contributed by atoms with Crippen LogP contribution in [0.15, 0.2) is 24.3 Å². The second-order valence-corrected chi connectivity index (χ2v) is 7.39. The quantitative estimate of drug-likeness (QED) is 0.855. The third-order valence-corrected chi connectivity index (χ3v) is 5.71. The second-order valence-electron chi connectivity index (χ2n) is 7.39. The average Bonchev–Trinajstić information content (AvgIpc) is 3.27. The minimum atomic E-state index is -0.789. The lowest BCUT2D eigenvalue weighted by Crippen LogP contribution is -2.43. The van der Waals surface area contributed by atoms with Gasteiger partial charge in [0.1, 0.15) is 5.82 Å². The number of hydrogen-bond acceptors (Lipinski definition) is 2. The molecule has 3 rings (SSSR count). The summed E-state index contributed by atoms with van der Waals surface area (Å²) in [5.74, 6) is -1.50. The van der Waals surface area contributed by atoms with Crippen molar-refractivity contribution in [2.24, 2.45) is 11.8 Å². The maximum absolute atomic E-state index is 13.4. The molecule has 0 aliphatic heterocycles. The van der Waals surface area contributed by atoms with E-state index in [-0.39, 0.29) is 29.6 Å². The molecule has 2 atom stereocenters. The fourth-order valence-electron chi connectivity index (χ4n) is 4.30. The number of amides is 1. The molecule has 2 aliphatic rings. The number of rotatable bonds is 6. The number of benzene rings is 1. The SMILES string of the molecule is O=C(O)[C@@H]1CC[C@H](C(=O)N(CCc2cccc(F)c2)C2CCCC2)C1. The highest BCUT2D eigenvalue weighted by Crippen LogP contribution is 2.34. The number of carbonyl (C=O) groups is 2. The zero-order valence-electron chi connectivity index (χ0n) is 14.5. The van der Waals surface area contributed by atoms with Gasteiger partial charge in [-0.05, 0) is 56.2 Å². The van der Waals surface area contributed by atoms with Crippen molar-refractivity contribution in [2.75, 3.05) is 6.54 Å². The molecule has 1 amide bonds. The minimum Gasteiger partial charge on any atom is -0.481 e. The van der Waals surface area contributed by atoms with Gasteiger partial charge in [0.2, 0.25) is 5.91 Å². The minimum absolute atomic E-state index is 0.104. The predicted molar refractivity (Wildman–Crippen MR) is 92.5 cm³/mol. The number of aliphatic carboxylic acids is 1. The fraction of sp³-hybridized carbons (Fsp3) is 0.600. The van der Waals surface area contributed by atoms with Crippen LogP contribution in [0, 0.1) is 17.7 Å². The van der Waals surface area contributed by atoms with E-state index in [4.69, 9.17) is 0 Å². The van der Waals surface area contributed by atoms with Gasteiger partial charge in [0, 0.05) is 18.5 Å². The Hall–Kier alpha value is -1.91. The van der Waals surface area contributed by atoms with Gasteiger partial charge in [0.05, 0.1) is 5.92 Å². The van der Waals surface area contributed by atoms with E-state index in [1.807, 2.05) is 11.0 Å². The van der Waals surface area contributed by atoms with Crippen molar-refractivity contribution in [3.8, 4) is 0 Å². The van der Waals surface area contributed by atoms with Crippen LogP contribution in [-0.4, -0.2) is 34.5 Å². The molecule has 0 saturated heterocycles. The number of carboxylic acids is 1. The van der Waals surface area contributed by atoms with Gasteiger partial charge in [0.25, 0.3) is 0 Å². The Morgan fingerprint density at radius 2 is 1.84 bits per heavy atom. The van der Waals surface area contributed by atoms with Crippen LogP contribution in [-0.2, 0) is 16.0 Å². The van der Waals surface area contributed by atoms with Crippen LogP contribution in [0.1, 0.15) is 50.5 Å². The van der Waals surface area contributed by atoms with Gasteiger partial charge >= 0.3 is 5.97 Å². The molecule has 1 N–H and O–H groups in total. The molecule has 0 bridgehead atoms. The molecule has 1 aromatic rings. The summed E-state index contributed by atoms with van der Waals surface area (Å²) in [6.45, 7) is 0.585. The van der Waals surface area contributed by atoms with Gasteiger partial charge in [-0.3, -0.25) is 9.59 Å². The number of carbonyl (C=O) groups excluding carboxylic acids is 1. The van der Waals surface area contributed by atoms with E-state index < -0.39 is 5.97 Å². The largest absolute Gasteiger partial charge is 0.481 e. The summed E-state index contributed by atoms with van der Waals surface area (Å²) < 4.78 is 13.4. The van der Waals surface area contributed by atoms with Gasteiger partial charge in [-0.15, -0.1) is 0 Å². The highest BCUT2D eigenvalue weighted by molar-refractivity contribution is 5.81. The number of nitrogens with zero attached hydrogens (tertiary/aromatic N) is 1. The van der Waals surface area contributed by atoms with Crippen molar-refractivity contribution in [1.29, 1.82) is 0 Å². The molecule has 5 heteroatoms. The van der Waals surface area contributed by atoms with E-state index in [9.17, 15) is 19.1 Å². The van der Waals surface area contributed by atoms with Gasteiger partial charge in [0.15, 0.2) is 0 Å². The average molecular weight is 347 g/mol. The van der Waals surface area contributed by atoms with Crippen molar-refractivity contribution < 1.29 is 19.1 Å². The Morgan fingerprint density at radius 1 is 1.12 bits per heavy atom. The molecule has 0 spiro atoms. The number of halogens is 1. The first-order valence-electron chi connectivity index (χ1n) is 9.32. The first kappa shape index (κ1) is 17.9. The fourth-order valence-corrected chi connectivity index (χ4v) is 4.30. The summed E-state index contributed by atoms with van der Waals surface area (Å²) in [6.07, 6.45) is 6.65. The van der Waals surface area contributed by atoms with Crippen LogP contribution in [0.5, 0.6) is 0 Å². The number of carboxylic acid groups (broad SMARTS) is 1. The molecule has 0 unspecified atom stereocenters. The third-order valence-electron chi connectivity index (χ3n) is 5.71. The molecule has 2 aliphatic carbocycles. The van der Waals surface area contributed by atoms with Crippen LogP contribution in [0.2, 0.25) is 0 Å². The van der Waals surface area contributed by atoms with Crippen molar-refractivity contribution in [1.82, 2.24) is 4.90 Å². The predicted octanol–water partition coefficient (Wildman–Crippen LogP) is 3.64. The normalized spacial score (nSPS) is 23.7. The summed E-state index contributed by atoms with van der Waals surface area (Å²) in [7, 11) is 0. The molecule has 0 heterocycles. The monoisotopic (exact) mass is 347 g/mol. The molecule has 0 aromatic heterocycles. The van der Waals surface area contributed by atoms with E-state index >= 15 is 0 Å². The smallest absolute Gasteiger partial charge is 0.306 e. The van der Waals surface area contributed by atoms with E-state index in [1.165, 1.54) is 12.1 Å². The van der Waals surface area contributed by atoms with Crippen LogP contribution in [0.25, 0.3) is 0 Å². The molecular weight excluding hydrogens is 321 g/mol. The maximum Gasteiger partial charge on any atom is 0.306 e.